The lowest BCUT2D eigenvalue weighted by Gasteiger charge is -2.21. The number of hydrogen-bond acceptors (Lipinski definition) is 3. The Labute approximate surface area is 95.5 Å². The molecule has 0 unspecified atom stereocenters. The molecule has 1 aliphatic heterocycles. The van der Waals surface area contributed by atoms with Gasteiger partial charge in [-0.1, -0.05) is 0 Å². The van der Waals surface area contributed by atoms with Gasteiger partial charge in [-0.2, -0.15) is 0 Å². The average Bonchev–Trinajstić information content (AvgIpc) is 2.38. The highest BCUT2D eigenvalue weighted by atomic mass is 16.1. The van der Waals surface area contributed by atoms with Crippen molar-refractivity contribution in [3.05, 3.63) is 30.1 Å². The largest absolute Gasteiger partial charge is 0.332 e. The summed E-state index contributed by atoms with van der Waals surface area (Å²) in [6.07, 6.45) is 6.85. The Hall–Kier alpha value is -1.82. The maximum atomic E-state index is 11.7. The second kappa shape index (κ2) is 5.32. The maximum Gasteiger partial charge on any atom is 0.237 e. The fourth-order valence-electron chi connectivity index (χ4n) is 1.71. The van der Waals surface area contributed by atoms with Gasteiger partial charge in [-0.3, -0.25) is 9.78 Å². The molecule has 82 valence electrons. The van der Waals surface area contributed by atoms with E-state index in [9.17, 15) is 4.79 Å². The number of aromatic nitrogens is 1. The van der Waals surface area contributed by atoms with Crippen LogP contribution in [0.25, 0.3) is 0 Å². The molecule has 1 aliphatic rings. The van der Waals surface area contributed by atoms with Crippen molar-refractivity contribution in [2.45, 2.75) is 19.3 Å². The summed E-state index contributed by atoms with van der Waals surface area (Å²) in [5, 5.41) is 0. The number of pyridine rings is 1. The van der Waals surface area contributed by atoms with E-state index in [1.54, 1.807) is 24.5 Å². The van der Waals surface area contributed by atoms with Gasteiger partial charge < -0.3 is 4.90 Å². The number of ketones is 1. The Balaban J connectivity index is 1.99. The Morgan fingerprint density at radius 3 is 2.56 bits per heavy atom. The van der Waals surface area contributed by atoms with Gasteiger partial charge in [0.25, 0.3) is 0 Å². The van der Waals surface area contributed by atoms with Crippen LogP contribution in [0.4, 0.5) is 0 Å². The van der Waals surface area contributed by atoms with Gasteiger partial charge in [0.15, 0.2) is 0 Å². The van der Waals surface area contributed by atoms with Crippen molar-refractivity contribution in [1.29, 1.82) is 0 Å². The molecular weight excluding hydrogens is 200 g/mol. The zero-order chi connectivity index (χ0) is 11.2. The van der Waals surface area contributed by atoms with E-state index in [0.29, 0.717) is 5.56 Å². The second-order valence-corrected chi connectivity index (χ2v) is 3.85. The molecule has 0 spiro atoms. The Kier molecular flexibility index (Phi) is 3.55. The molecule has 1 aromatic rings. The third-order valence-electron chi connectivity index (χ3n) is 2.63. The highest BCUT2D eigenvalue weighted by molar-refractivity contribution is 6.08. The molecule has 0 amide bonds. The molecule has 0 bridgehead atoms. The third kappa shape index (κ3) is 2.83. The zero-order valence-corrected chi connectivity index (χ0v) is 9.15. The molecule has 3 heteroatoms. The van der Waals surface area contributed by atoms with Crippen LogP contribution in [-0.2, 0) is 0 Å². The summed E-state index contributed by atoms with van der Waals surface area (Å²) >= 11 is 0. The lowest BCUT2D eigenvalue weighted by molar-refractivity contribution is 0.105. The van der Waals surface area contributed by atoms with Gasteiger partial charge in [-0.25, -0.2) is 0 Å². The molecule has 0 saturated carbocycles. The van der Waals surface area contributed by atoms with E-state index < -0.39 is 0 Å². The van der Waals surface area contributed by atoms with Crippen LogP contribution in [0.2, 0.25) is 0 Å². The first-order valence-corrected chi connectivity index (χ1v) is 5.57. The van der Waals surface area contributed by atoms with Crippen molar-refractivity contribution < 1.29 is 4.79 Å². The van der Waals surface area contributed by atoms with E-state index in [2.05, 4.69) is 16.9 Å². The monoisotopic (exact) mass is 214 g/mol. The van der Waals surface area contributed by atoms with Crippen molar-refractivity contribution in [2.24, 2.45) is 0 Å². The van der Waals surface area contributed by atoms with Crippen molar-refractivity contribution in [2.75, 3.05) is 13.1 Å². The van der Waals surface area contributed by atoms with Gasteiger partial charge in [0.1, 0.15) is 0 Å². The van der Waals surface area contributed by atoms with E-state index in [1.165, 1.54) is 19.3 Å². The van der Waals surface area contributed by atoms with Crippen molar-refractivity contribution >= 4 is 5.78 Å². The fourth-order valence-corrected chi connectivity index (χ4v) is 1.71. The predicted molar refractivity (Wildman–Crippen MR) is 61.8 cm³/mol. The summed E-state index contributed by atoms with van der Waals surface area (Å²) in [5.74, 6) is 2.55. The van der Waals surface area contributed by atoms with Gasteiger partial charge in [-0.05, 0) is 37.3 Å². The number of carbonyl (C=O) groups excluding carboxylic acids is 1. The van der Waals surface area contributed by atoms with Crippen molar-refractivity contribution in [3.8, 4) is 12.0 Å². The molecule has 0 aromatic carbocycles. The normalized spacial score (nSPS) is 15.1. The minimum atomic E-state index is -0.132. The van der Waals surface area contributed by atoms with Crippen LogP contribution in [0.5, 0.6) is 0 Å². The Morgan fingerprint density at radius 1 is 1.19 bits per heavy atom. The summed E-state index contributed by atoms with van der Waals surface area (Å²) in [4.78, 5) is 17.6. The Morgan fingerprint density at radius 2 is 1.88 bits per heavy atom. The molecule has 3 nitrogen and oxygen atoms in total. The van der Waals surface area contributed by atoms with Crippen LogP contribution >= 0.6 is 0 Å². The lowest BCUT2D eigenvalue weighted by atomic mass is 10.1. The molecule has 1 fully saturated rings. The molecule has 1 aromatic heterocycles. The molecule has 0 N–H and O–H groups in total. The summed E-state index contributed by atoms with van der Waals surface area (Å²) in [6.45, 7) is 1.97. The fraction of sp³-hybridized carbons (Fsp3) is 0.385. The molecule has 1 saturated heterocycles. The van der Waals surface area contributed by atoms with Crippen LogP contribution in [-0.4, -0.2) is 28.8 Å². The summed E-state index contributed by atoms with van der Waals surface area (Å²) in [5.41, 5.74) is 0.611. The Bertz CT molecular complexity index is 411. The number of likely N-dealkylation sites (tertiary alicyclic amines) is 1. The highest BCUT2D eigenvalue weighted by Gasteiger charge is 2.06. The van der Waals surface area contributed by atoms with E-state index in [-0.39, 0.29) is 5.78 Å². The second-order valence-electron chi connectivity index (χ2n) is 3.85. The number of Topliss-reactive ketones (excluding diaryl/α,β-unsaturated/α-hetero) is 1. The molecule has 2 heterocycles. The predicted octanol–water partition coefficient (Wildman–Crippen LogP) is 1.71. The molecule has 0 atom stereocenters. The first kappa shape index (κ1) is 10.7. The van der Waals surface area contributed by atoms with Crippen LogP contribution in [0, 0.1) is 12.0 Å². The lowest BCUT2D eigenvalue weighted by Crippen LogP contribution is -2.24. The van der Waals surface area contributed by atoms with E-state index in [1.807, 2.05) is 4.90 Å². The number of rotatable bonds is 1. The number of carbonyl (C=O) groups is 1. The first-order valence-electron chi connectivity index (χ1n) is 5.57. The molecule has 16 heavy (non-hydrogen) atoms. The summed E-state index contributed by atoms with van der Waals surface area (Å²) in [6, 6.07) is 6.31. The number of piperidine rings is 1. The SMILES string of the molecule is O=C(C#CN1CCCCC1)c1ccncc1. The third-order valence-corrected chi connectivity index (χ3v) is 2.63. The average molecular weight is 214 g/mol. The summed E-state index contributed by atoms with van der Waals surface area (Å²) in [7, 11) is 0. The van der Waals surface area contributed by atoms with E-state index in [0.717, 1.165) is 13.1 Å². The van der Waals surface area contributed by atoms with Gasteiger partial charge in [0.2, 0.25) is 5.78 Å². The molecule has 0 radical (unpaired) electrons. The minimum Gasteiger partial charge on any atom is -0.332 e. The van der Waals surface area contributed by atoms with E-state index in [4.69, 9.17) is 0 Å². The summed E-state index contributed by atoms with van der Waals surface area (Å²) < 4.78 is 0. The van der Waals surface area contributed by atoms with Crippen molar-refractivity contribution in [3.63, 3.8) is 0 Å². The van der Waals surface area contributed by atoms with Crippen LogP contribution in [0.3, 0.4) is 0 Å². The zero-order valence-electron chi connectivity index (χ0n) is 9.15. The topological polar surface area (TPSA) is 33.2 Å². The maximum absolute atomic E-state index is 11.7. The first-order chi connectivity index (χ1) is 7.86. The van der Waals surface area contributed by atoms with Gasteiger partial charge in [-0.15, -0.1) is 0 Å². The van der Waals surface area contributed by atoms with Gasteiger partial charge >= 0.3 is 0 Å². The smallest absolute Gasteiger partial charge is 0.237 e. The van der Waals surface area contributed by atoms with Crippen LogP contribution < -0.4 is 0 Å². The van der Waals surface area contributed by atoms with Crippen LogP contribution in [0.15, 0.2) is 24.5 Å². The van der Waals surface area contributed by atoms with E-state index >= 15 is 0 Å². The number of nitrogens with zero attached hydrogens (tertiary/aromatic N) is 2. The standard InChI is InChI=1S/C13H14N2O/c16-13(12-4-7-14-8-5-12)6-11-15-9-2-1-3-10-15/h4-5,7-8H,1-3,9-10H2. The molecule has 2 rings (SSSR count). The highest BCUT2D eigenvalue weighted by Crippen LogP contribution is 2.06. The van der Waals surface area contributed by atoms with Gasteiger partial charge in [0, 0.05) is 37.1 Å². The van der Waals surface area contributed by atoms with Gasteiger partial charge in [0.05, 0.1) is 0 Å². The molecule has 0 aliphatic carbocycles. The van der Waals surface area contributed by atoms with Crippen LogP contribution in [0.1, 0.15) is 29.6 Å². The minimum absolute atomic E-state index is 0.132. The molecular formula is C13H14N2O. The quantitative estimate of drug-likeness (QED) is 0.527. The van der Waals surface area contributed by atoms with Crippen molar-refractivity contribution in [1.82, 2.24) is 9.88 Å². The number of hydrogen-bond donors (Lipinski definition) is 0.